The molecule has 222 valence electrons. The second-order valence-corrected chi connectivity index (χ2v) is 13.7. The van der Waals surface area contributed by atoms with Crippen LogP contribution in [0.1, 0.15) is 41.4 Å². The van der Waals surface area contributed by atoms with Gasteiger partial charge < -0.3 is 25.1 Å². The van der Waals surface area contributed by atoms with Crippen LogP contribution in [0.4, 0.5) is 5.82 Å². The summed E-state index contributed by atoms with van der Waals surface area (Å²) >= 11 is 0. The van der Waals surface area contributed by atoms with Crippen LogP contribution in [-0.4, -0.2) is 90.6 Å². The van der Waals surface area contributed by atoms with Gasteiger partial charge in [0.2, 0.25) is 10.0 Å². The fourth-order valence-corrected chi connectivity index (χ4v) is 7.50. The molecular formula is C31H39N7O3S. The van der Waals surface area contributed by atoms with Gasteiger partial charge in [-0.25, -0.2) is 17.7 Å². The third kappa shape index (κ3) is 5.56. The lowest BCUT2D eigenvalue weighted by atomic mass is 9.90. The number of aromatic amines is 1. The summed E-state index contributed by atoms with van der Waals surface area (Å²) in [6.07, 6.45) is 9.27. The van der Waals surface area contributed by atoms with E-state index in [2.05, 4.69) is 61.8 Å². The Morgan fingerprint density at radius 1 is 1.02 bits per heavy atom. The molecule has 2 aliphatic heterocycles. The van der Waals surface area contributed by atoms with Crippen LogP contribution in [0.15, 0.2) is 61.2 Å². The molecule has 10 nitrogen and oxygen atoms in total. The molecule has 0 spiro atoms. The first-order valence-corrected chi connectivity index (χ1v) is 16.4. The number of rotatable bonds is 8. The van der Waals surface area contributed by atoms with Gasteiger partial charge in [0.15, 0.2) is 0 Å². The van der Waals surface area contributed by atoms with Gasteiger partial charge in [-0.2, -0.15) is 0 Å². The number of anilines is 1. The smallest absolute Gasteiger partial charge is 0.253 e. The number of likely N-dealkylation sites (N-methyl/N-ethyl adjacent to an activating group) is 1. The van der Waals surface area contributed by atoms with Gasteiger partial charge in [0.25, 0.3) is 5.91 Å². The lowest BCUT2D eigenvalue weighted by Crippen LogP contribution is -2.46. The highest BCUT2D eigenvalue weighted by molar-refractivity contribution is 7.88. The Bertz CT molecular complexity index is 1660. The van der Waals surface area contributed by atoms with Gasteiger partial charge in [0, 0.05) is 51.0 Å². The van der Waals surface area contributed by atoms with E-state index in [1.165, 1.54) is 6.26 Å². The Labute approximate surface area is 247 Å². The van der Waals surface area contributed by atoms with Crippen molar-refractivity contribution in [1.29, 1.82) is 0 Å². The number of amides is 1. The van der Waals surface area contributed by atoms with Crippen molar-refractivity contribution in [2.75, 3.05) is 57.5 Å². The highest BCUT2D eigenvalue weighted by Crippen LogP contribution is 2.42. The summed E-state index contributed by atoms with van der Waals surface area (Å²) in [5.41, 5.74) is 9.51. The van der Waals surface area contributed by atoms with Gasteiger partial charge >= 0.3 is 0 Å². The molecule has 2 aromatic heterocycles. The topological polar surface area (TPSA) is 121 Å². The number of aromatic nitrogens is 3. The van der Waals surface area contributed by atoms with Crippen molar-refractivity contribution in [3.8, 4) is 11.1 Å². The molecule has 4 heterocycles. The van der Waals surface area contributed by atoms with Crippen LogP contribution in [0.2, 0.25) is 0 Å². The minimum atomic E-state index is -3.21. The number of fused-ring (bicyclic) bond motifs is 1. The molecule has 1 atom stereocenters. The Morgan fingerprint density at radius 3 is 2.40 bits per heavy atom. The van der Waals surface area contributed by atoms with E-state index >= 15 is 0 Å². The van der Waals surface area contributed by atoms with Gasteiger partial charge in [-0.15, -0.1) is 0 Å². The minimum Gasteiger partial charge on any atom is -0.365 e. The van der Waals surface area contributed by atoms with Crippen LogP contribution in [-0.2, 0) is 10.0 Å². The first-order valence-electron chi connectivity index (χ1n) is 14.6. The molecule has 2 aliphatic rings. The molecular weight excluding hydrogens is 550 g/mol. The van der Waals surface area contributed by atoms with Crippen molar-refractivity contribution >= 4 is 32.5 Å². The first-order chi connectivity index (χ1) is 20.2. The lowest BCUT2D eigenvalue weighted by Gasteiger charge is -2.37. The Kier molecular flexibility index (Phi) is 7.82. The molecule has 2 fully saturated rings. The van der Waals surface area contributed by atoms with E-state index in [-0.39, 0.29) is 6.04 Å². The number of piperazine rings is 1. The maximum Gasteiger partial charge on any atom is 0.253 e. The predicted octanol–water partition coefficient (Wildman–Crippen LogP) is 3.53. The number of carbonyl (C=O) groups excluding carboxylic acids is 1. The summed E-state index contributed by atoms with van der Waals surface area (Å²) in [7, 11) is -1.10. The number of sulfonamides is 1. The van der Waals surface area contributed by atoms with E-state index in [4.69, 9.17) is 5.73 Å². The van der Waals surface area contributed by atoms with Crippen molar-refractivity contribution in [3.05, 3.63) is 72.4 Å². The van der Waals surface area contributed by atoms with Gasteiger partial charge in [0.05, 0.1) is 36.1 Å². The number of nitrogens with two attached hydrogens (primary N) is 1. The second kappa shape index (κ2) is 11.5. The van der Waals surface area contributed by atoms with Gasteiger partial charge in [-0.3, -0.25) is 4.79 Å². The molecule has 6 rings (SSSR count). The number of imidazole rings is 1. The third-order valence-electron chi connectivity index (χ3n) is 8.95. The molecule has 42 heavy (non-hydrogen) atoms. The van der Waals surface area contributed by atoms with Crippen LogP contribution in [0.3, 0.4) is 0 Å². The van der Waals surface area contributed by atoms with Crippen molar-refractivity contribution in [3.63, 3.8) is 0 Å². The summed E-state index contributed by atoms with van der Waals surface area (Å²) < 4.78 is 28.1. The van der Waals surface area contributed by atoms with Crippen molar-refractivity contribution < 1.29 is 13.2 Å². The largest absolute Gasteiger partial charge is 0.365 e. The standard InChI is InChI=1S/C31H39N7O3S/c1-35-14-16-36(17-15-35)31-29(30(32)39)26(25-9-5-7-23-6-3-4-8-24(23)25)20-38(31)28(27-19-33-21-34-27)18-22-10-12-37(13-11-22)42(2,40)41/h3-9,19-22,28H,10-18H2,1-2H3,(H2,32,39)(H,33,34). The summed E-state index contributed by atoms with van der Waals surface area (Å²) in [6, 6.07) is 14.2. The maximum atomic E-state index is 13.4. The highest BCUT2D eigenvalue weighted by atomic mass is 32.2. The fourth-order valence-electron chi connectivity index (χ4n) is 6.63. The monoisotopic (exact) mass is 589 g/mol. The van der Waals surface area contributed by atoms with Crippen molar-refractivity contribution in [1.82, 2.24) is 23.7 Å². The van der Waals surface area contributed by atoms with E-state index in [9.17, 15) is 13.2 Å². The first kappa shape index (κ1) is 28.4. The quantitative estimate of drug-likeness (QED) is 0.325. The fraction of sp³-hybridized carbons (Fsp3) is 0.419. The number of benzene rings is 2. The van der Waals surface area contributed by atoms with E-state index in [1.807, 2.05) is 24.4 Å². The molecule has 0 bridgehead atoms. The molecule has 2 saturated heterocycles. The van der Waals surface area contributed by atoms with Gasteiger partial charge in [-0.1, -0.05) is 42.5 Å². The van der Waals surface area contributed by atoms with Crippen LogP contribution >= 0.6 is 0 Å². The number of nitrogens with zero attached hydrogens (tertiary/aromatic N) is 5. The van der Waals surface area contributed by atoms with E-state index in [1.54, 1.807) is 10.6 Å². The predicted molar refractivity (Wildman–Crippen MR) is 166 cm³/mol. The maximum absolute atomic E-state index is 13.4. The zero-order chi connectivity index (χ0) is 29.4. The summed E-state index contributed by atoms with van der Waals surface area (Å²) in [4.78, 5) is 25.7. The van der Waals surface area contributed by atoms with Crippen LogP contribution in [0, 0.1) is 5.92 Å². The highest BCUT2D eigenvalue weighted by Gasteiger charge is 2.34. The molecule has 2 aromatic carbocycles. The number of hydrogen-bond acceptors (Lipinski definition) is 6. The van der Waals surface area contributed by atoms with Crippen molar-refractivity contribution in [2.24, 2.45) is 11.7 Å². The molecule has 11 heteroatoms. The molecule has 4 aromatic rings. The van der Waals surface area contributed by atoms with E-state index < -0.39 is 15.9 Å². The Hall–Kier alpha value is -3.67. The number of nitrogens with one attached hydrogen (secondary N) is 1. The molecule has 1 unspecified atom stereocenters. The average molecular weight is 590 g/mol. The Morgan fingerprint density at radius 2 is 1.74 bits per heavy atom. The van der Waals surface area contributed by atoms with E-state index in [0.717, 1.165) is 78.9 Å². The van der Waals surface area contributed by atoms with E-state index in [0.29, 0.717) is 24.6 Å². The normalized spacial score (nSPS) is 18.5. The van der Waals surface area contributed by atoms with Crippen LogP contribution in [0.5, 0.6) is 0 Å². The van der Waals surface area contributed by atoms with Crippen LogP contribution in [0.25, 0.3) is 21.9 Å². The van der Waals surface area contributed by atoms with Crippen molar-refractivity contribution in [2.45, 2.75) is 25.3 Å². The van der Waals surface area contributed by atoms with Gasteiger partial charge in [-0.05, 0) is 48.6 Å². The van der Waals surface area contributed by atoms with Crippen LogP contribution < -0.4 is 10.6 Å². The zero-order valence-electron chi connectivity index (χ0n) is 24.2. The Balaban J connectivity index is 1.49. The number of piperidine rings is 1. The minimum absolute atomic E-state index is 0.140. The number of primary amides is 1. The number of carbonyl (C=O) groups is 1. The molecule has 3 N–H and O–H groups in total. The average Bonchev–Trinajstić information content (AvgIpc) is 3.65. The molecule has 0 radical (unpaired) electrons. The summed E-state index contributed by atoms with van der Waals surface area (Å²) in [5, 5.41) is 2.16. The number of H-pyrrole nitrogens is 1. The molecule has 0 aliphatic carbocycles. The molecule has 0 saturated carbocycles. The third-order valence-corrected chi connectivity index (χ3v) is 10.3. The second-order valence-electron chi connectivity index (χ2n) is 11.7. The summed E-state index contributed by atoms with van der Waals surface area (Å²) in [5.74, 6) is 0.694. The molecule has 1 amide bonds. The lowest BCUT2D eigenvalue weighted by molar-refractivity contribution is 0.100. The SMILES string of the molecule is CN1CCN(c2c(C(N)=O)c(-c3cccc4ccccc34)cn2C(CC2CCN(S(C)(=O)=O)CC2)c2cnc[nH]2)CC1. The number of hydrogen-bond donors (Lipinski definition) is 2. The van der Waals surface area contributed by atoms with Gasteiger partial charge in [0.1, 0.15) is 5.82 Å². The zero-order valence-corrected chi connectivity index (χ0v) is 25.1. The summed E-state index contributed by atoms with van der Waals surface area (Å²) in [6.45, 7) is 4.35.